The second kappa shape index (κ2) is 9.28. The molecule has 0 saturated carbocycles. The van der Waals surface area contributed by atoms with E-state index >= 15 is 0 Å². The number of fused-ring (bicyclic) bond motifs is 1. The van der Waals surface area contributed by atoms with Crippen LogP contribution in [0, 0.1) is 0 Å². The molecule has 0 aliphatic carbocycles. The van der Waals surface area contributed by atoms with Gasteiger partial charge in [0.25, 0.3) is 0 Å². The van der Waals surface area contributed by atoms with Crippen molar-refractivity contribution in [1.82, 2.24) is 0 Å². The average molecular weight is 396 g/mol. The van der Waals surface area contributed by atoms with Crippen LogP contribution < -0.4 is 4.74 Å². The fraction of sp³-hybridized carbons (Fsp3) is 0.304. The van der Waals surface area contributed by atoms with Gasteiger partial charge in [-0.1, -0.05) is 50.2 Å². The molecule has 0 saturated heterocycles. The molecule has 1 aromatic heterocycles. The van der Waals surface area contributed by atoms with Crippen LogP contribution in [0.2, 0.25) is 0 Å². The van der Waals surface area contributed by atoms with E-state index in [-0.39, 0.29) is 31.5 Å². The summed E-state index contributed by atoms with van der Waals surface area (Å²) in [6, 6.07) is 14.8. The Morgan fingerprint density at radius 3 is 2.48 bits per heavy atom. The molecule has 1 heterocycles. The molecule has 6 heteroatoms. The molecule has 0 aliphatic heterocycles. The fourth-order valence-electron chi connectivity index (χ4n) is 3.02. The summed E-state index contributed by atoms with van der Waals surface area (Å²) in [6.45, 7) is 5.71. The van der Waals surface area contributed by atoms with E-state index in [0.717, 1.165) is 5.56 Å². The topological polar surface area (TPSA) is 75.0 Å². The molecule has 0 spiro atoms. The Balaban J connectivity index is 1.70. The van der Waals surface area contributed by atoms with Crippen molar-refractivity contribution in [3.8, 4) is 5.75 Å². The predicted octanol–water partition coefficient (Wildman–Crippen LogP) is 4.86. The summed E-state index contributed by atoms with van der Waals surface area (Å²) in [4.78, 5) is 24.5. The van der Waals surface area contributed by atoms with E-state index in [2.05, 4.69) is 13.8 Å². The van der Waals surface area contributed by atoms with Crippen LogP contribution in [0.25, 0.3) is 11.0 Å². The van der Waals surface area contributed by atoms with Gasteiger partial charge in [-0.25, -0.2) is 9.59 Å². The normalized spacial score (nSPS) is 10.9. The van der Waals surface area contributed by atoms with Crippen molar-refractivity contribution in [1.29, 1.82) is 0 Å². The van der Waals surface area contributed by atoms with Gasteiger partial charge in [-0.3, -0.25) is 0 Å². The number of carbonyl (C=O) groups excluding carboxylic acids is 2. The quantitative estimate of drug-likeness (QED) is 0.507. The number of hydrogen-bond acceptors (Lipinski definition) is 6. The summed E-state index contributed by atoms with van der Waals surface area (Å²) in [5, 5.41) is 0.703. The zero-order chi connectivity index (χ0) is 20.8. The lowest BCUT2D eigenvalue weighted by molar-refractivity contribution is -0.147. The first-order chi connectivity index (χ1) is 14.0. The van der Waals surface area contributed by atoms with Crippen molar-refractivity contribution >= 4 is 22.9 Å². The van der Waals surface area contributed by atoms with Crippen molar-refractivity contribution < 1.29 is 28.2 Å². The monoisotopic (exact) mass is 396 g/mol. The number of para-hydroxylation sites is 2. The van der Waals surface area contributed by atoms with Crippen molar-refractivity contribution in [3.05, 3.63) is 65.4 Å². The molecule has 0 radical (unpaired) electrons. The summed E-state index contributed by atoms with van der Waals surface area (Å²) in [5.74, 6) is -0.153. The molecule has 3 rings (SSSR count). The van der Waals surface area contributed by atoms with Crippen LogP contribution in [-0.4, -0.2) is 25.2 Å². The third-order valence-corrected chi connectivity index (χ3v) is 4.42. The van der Waals surface area contributed by atoms with Gasteiger partial charge in [0.15, 0.2) is 6.61 Å². The van der Waals surface area contributed by atoms with Crippen LogP contribution in [0.1, 0.15) is 48.4 Å². The average Bonchev–Trinajstić information content (AvgIpc) is 3.10. The highest BCUT2D eigenvalue weighted by Gasteiger charge is 2.22. The van der Waals surface area contributed by atoms with Gasteiger partial charge in [-0.15, -0.1) is 0 Å². The minimum atomic E-state index is -0.586. The van der Waals surface area contributed by atoms with E-state index in [0.29, 0.717) is 22.3 Å². The van der Waals surface area contributed by atoms with Gasteiger partial charge in [0, 0.05) is 5.39 Å². The zero-order valence-electron chi connectivity index (χ0n) is 16.8. The van der Waals surface area contributed by atoms with E-state index in [9.17, 15) is 9.59 Å². The Kier molecular flexibility index (Phi) is 6.54. The Morgan fingerprint density at radius 2 is 1.72 bits per heavy atom. The summed E-state index contributed by atoms with van der Waals surface area (Å²) in [7, 11) is 0. The van der Waals surface area contributed by atoms with Gasteiger partial charge >= 0.3 is 11.9 Å². The highest BCUT2D eigenvalue weighted by atomic mass is 16.6. The summed E-state index contributed by atoms with van der Waals surface area (Å²) in [5.41, 5.74) is 2.03. The Morgan fingerprint density at radius 1 is 1.00 bits per heavy atom. The third kappa shape index (κ3) is 4.77. The minimum Gasteiger partial charge on any atom is -0.482 e. The number of furan rings is 1. The van der Waals surface area contributed by atoms with E-state index in [1.165, 1.54) is 0 Å². The highest BCUT2D eigenvalue weighted by Crippen LogP contribution is 2.28. The van der Waals surface area contributed by atoms with E-state index in [4.69, 9.17) is 18.6 Å². The second-order valence-electron chi connectivity index (χ2n) is 6.77. The first kappa shape index (κ1) is 20.5. The van der Waals surface area contributed by atoms with Crippen molar-refractivity contribution in [2.45, 2.75) is 33.3 Å². The van der Waals surface area contributed by atoms with Crippen molar-refractivity contribution in [2.24, 2.45) is 0 Å². The molecule has 0 unspecified atom stereocenters. The van der Waals surface area contributed by atoms with Gasteiger partial charge in [0.05, 0.1) is 12.2 Å². The maximum Gasteiger partial charge on any atom is 0.374 e. The van der Waals surface area contributed by atoms with Gasteiger partial charge < -0.3 is 18.6 Å². The van der Waals surface area contributed by atoms with Gasteiger partial charge in [0.2, 0.25) is 5.76 Å². The number of ether oxygens (including phenoxy) is 3. The van der Waals surface area contributed by atoms with Crippen molar-refractivity contribution in [3.63, 3.8) is 0 Å². The lowest BCUT2D eigenvalue weighted by Crippen LogP contribution is -2.16. The molecule has 0 amide bonds. The first-order valence-corrected chi connectivity index (χ1v) is 9.56. The van der Waals surface area contributed by atoms with Crippen LogP contribution in [0.4, 0.5) is 0 Å². The molecule has 29 heavy (non-hydrogen) atoms. The Hall–Kier alpha value is -3.28. The van der Waals surface area contributed by atoms with Crippen LogP contribution >= 0.6 is 0 Å². The highest BCUT2D eigenvalue weighted by molar-refractivity contribution is 5.96. The lowest BCUT2D eigenvalue weighted by atomic mass is 10.0. The van der Waals surface area contributed by atoms with Crippen LogP contribution in [-0.2, 0) is 20.9 Å². The minimum absolute atomic E-state index is 0.0481. The summed E-state index contributed by atoms with van der Waals surface area (Å²) < 4.78 is 21.7. The summed E-state index contributed by atoms with van der Waals surface area (Å²) >= 11 is 0. The largest absolute Gasteiger partial charge is 0.482 e. The van der Waals surface area contributed by atoms with Gasteiger partial charge in [-0.05, 0) is 30.5 Å². The van der Waals surface area contributed by atoms with E-state index in [1.807, 2.05) is 30.3 Å². The maximum atomic E-state index is 12.2. The second-order valence-corrected chi connectivity index (χ2v) is 6.77. The molecule has 0 bridgehead atoms. The summed E-state index contributed by atoms with van der Waals surface area (Å²) in [6.07, 6.45) is 0. The van der Waals surface area contributed by atoms with Crippen LogP contribution in [0.5, 0.6) is 5.75 Å². The Bertz CT molecular complexity index is 1000. The van der Waals surface area contributed by atoms with E-state index < -0.39 is 11.9 Å². The molecule has 0 aliphatic rings. The molecular weight excluding hydrogens is 372 g/mol. The maximum absolute atomic E-state index is 12.2. The van der Waals surface area contributed by atoms with Gasteiger partial charge in [0.1, 0.15) is 17.9 Å². The standard InChI is InChI=1S/C23H24O6/c1-4-26-23(25)22-18(17-10-6-8-12-20(17)29-22)13-28-21(24)14-27-19-11-7-5-9-16(19)15(2)3/h5-12,15H,4,13-14H2,1-3H3. The number of rotatable bonds is 8. The predicted molar refractivity (Wildman–Crippen MR) is 108 cm³/mol. The molecule has 0 fully saturated rings. The lowest BCUT2D eigenvalue weighted by Gasteiger charge is -2.13. The molecule has 152 valence electrons. The van der Waals surface area contributed by atoms with Crippen LogP contribution in [0.3, 0.4) is 0 Å². The molecule has 6 nitrogen and oxygen atoms in total. The molecule has 0 atom stereocenters. The molecule has 2 aromatic carbocycles. The van der Waals surface area contributed by atoms with Crippen molar-refractivity contribution in [2.75, 3.05) is 13.2 Å². The molecule has 0 N–H and O–H groups in total. The van der Waals surface area contributed by atoms with E-state index in [1.54, 1.807) is 25.1 Å². The number of esters is 2. The van der Waals surface area contributed by atoms with Crippen LogP contribution in [0.15, 0.2) is 52.9 Å². The smallest absolute Gasteiger partial charge is 0.374 e. The van der Waals surface area contributed by atoms with Gasteiger partial charge in [-0.2, -0.15) is 0 Å². The number of carbonyl (C=O) groups is 2. The SMILES string of the molecule is CCOC(=O)c1oc2ccccc2c1COC(=O)COc1ccccc1C(C)C. The number of hydrogen-bond donors (Lipinski definition) is 0. The first-order valence-electron chi connectivity index (χ1n) is 9.56. The number of benzene rings is 2. The zero-order valence-corrected chi connectivity index (χ0v) is 16.8. The molecule has 3 aromatic rings. The Labute approximate surface area is 169 Å². The fourth-order valence-corrected chi connectivity index (χ4v) is 3.02. The molecular formula is C23H24O6. The third-order valence-electron chi connectivity index (χ3n) is 4.42.